The summed E-state index contributed by atoms with van der Waals surface area (Å²) in [4.78, 5) is 32.0. The molecule has 3 heterocycles. The standard InChI is InChI=1S/C20H22N4O3/c1-23-18(25)13-27-16-12-24(17-8-7-14(11-22-17)19(21)26)10-9-20(16,23)15-5-3-2-4-6-15/h2-8,11,16H,9-10,12-13H2,1H3,(H2,21,26)/t16-,20+/m1/s1. The number of carbonyl (C=O) groups excluding carboxylic acids is 2. The van der Waals surface area contributed by atoms with Crippen molar-refractivity contribution in [2.45, 2.75) is 18.1 Å². The van der Waals surface area contributed by atoms with E-state index in [2.05, 4.69) is 22.0 Å². The fourth-order valence-electron chi connectivity index (χ4n) is 4.15. The minimum atomic E-state index is -0.494. The smallest absolute Gasteiger partial charge is 0.250 e. The van der Waals surface area contributed by atoms with Crippen molar-refractivity contribution in [3.8, 4) is 0 Å². The monoisotopic (exact) mass is 366 g/mol. The number of primary amides is 1. The Morgan fingerprint density at radius 2 is 2.04 bits per heavy atom. The number of amides is 2. The number of nitrogens with zero attached hydrogens (tertiary/aromatic N) is 3. The number of carbonyl (C=O) groups is 2. The number of anilines is 1. The summed E-state index contributed by atoms with van der Waals surface area (Å²) in [7, 11) is 1.86. The first-order valence-corrected chi connectivity index (χ1v) is 8.97. The first-order valence-electron chi connectivity index (χ1n) is 8.97. The predicted octanol–water partition coefficient (Wildman–Crippen LogP) is 1.14. The van der Waals surface area contributed by atoms with Gasteiger partial charge in [-0.25, -0.2) is 4.98 Å². The molecule has 1 aromatic carbocycles. The lowest BCUT2D eigenvalue weighted by Gasteiger charge is -2.55. The van der Waals surface area contributed by atoms with Crippen LogP contribution in [0.15, 0.2) is 48.7 Å². The van der Waals surface area contributed by atoms with Gasteiger partial charge in [0, 0.05) is 26.3 Å². The quantitative estimate of drug-likeness (QED) is 0.880. The fraction of sp³-hybridized carbons (Fsp3) is 0.350. The number of likely N-dealkylation sites (N-methyl/N-ethyl adjacent to an activating group) is 1. The normalized spacial score (nSPS) is 25.2. The highest BCUT2D eigenvalue weighted by Gasteiger charge is 2.52. The second-order valence-electron chi connectivity index (χ2n) is 7.01. The number of rotatable bonds is 3. The topological polar surface area (TPSA) is 88.8 Å². The largest absolute Gasteiger partial charge is 0.366 e. The number of morpholine rings is 1. The Hall–Kier alpha value is -2.93. The van der Waals surface area contributed by atoms with Gasteiger partial charge in [-0.2, -0.15) is 0 Å². The molecule has 0 saturated carbocycles. The molecular formula is C20H22N4O3. The third kappa shape index (κ3) is 2.84. The van der Waals surface area contributed by atoms with Gasteiger partial charge in [0.25, 0.3) is 0 Å². The summed E-state index contributed by atoms with van der Waals surface area (Å²) in [6.07, 6.45) is 2.05. The molecule has 4 rings (SSSR count). The molecule has 2 saturated heterocycles. The van der Waals surface area contributed by atoms with E-state index in [1.54, 1.807) is 12.1 Å². The van der Waals surface area contributed by atoms with E-state index >= 15 is 0 Å². The Labute approximate surface area is 157 Å². The van der Waals surface area contributed by atoms with Crippen molar-refractivity contribution in [2.24, 2.45) is 5.73 Å². The zero-order valence-electron chi connectivity index (χ0n) is 15.2. The molecule has 140 valence electrons. The van der Waals surface area contributed by atoms with Gasteiger partial charge in [-0.1, -0.05) is 30.3 Å². The molecule has 2 fully saturated rings. The molecule has 0 unspecified atom stereocenters. The number of nitrogens with two attached hydrogens (primary N) is 1. The van der Waals surface area contributed by atoms with Crippen molar-refractivity contribution in [3.63, 3.8) is 0 Å². The number of hydrogen-bond acceptors (Lipinski definition) is 5. The Balaban J connectivity index is 1.65. The first kappa shape index (κ1) is 17.5. The summed E-state index contributed by atoms with van der Waals surface area (Å²) in [5.74, 6) is 0.267. The molecule has 27 heavy (non-hydrogen) atoms. The Kier molecular flexibility index (Phi) is 4.31. The highest BCUT2D eigenvalue weighted by Crippen LogP contribution is 2.42. The number of piperidine rings is 1. The highest BCUT2D eigenvalue weighted by molar-refractivity contribution is 5.92. The molecule has 2 aliphatic heterocycles. The molecule has 2 N–H and O–H groups in total. The molecule has 7 nitrogen and oxygen atoms in total. The average molecular weight is 366 g/mol. The number of pyridine rings is 1. The summed E-state index contributed by atoms with van der Waals surface area (Å²) in [5, 5.41) is 0. The molecule has 2 aromatic rings. The zero-order chi connectivity index (χ0) is 19.0. The summed E-state index contributed by atoms with van der Waals surface area (Å²) >= 11 is 0. The van der Waals surface area contributed by atoms with Crippen LogP contribution in [0.2, 0.25) is 0 Å². The van der Waals surface area contributed by atoms with Gasteiger partial charge in [-0.15, -0.1) is 0 Å². The van der Waals surface area contributed by atoms with Crippen molar-refractivity contribution in [1.29, 1.82) is 0 Å². The molecule has 0 aliphatic carbocycles. The van der Waals surface area contributed by atoms with Gasteiger partial charge in [0.2, 0.25) is 11.8 Å². The minimum absolute atomic E-state index is 0.00695. The van der Waals surface area contributed by atoms with E-state index < -0.39 is 11.4 Å². The second kappa shape index (κ2) is 6.66. The lowest BCUT2D eigenvalue weighted by Crippen LogP contribution is -2.67. The van der Waals surface area contributed by atoms with Gasteiger partial charge < -0.3 is 20.3 Å². The zero-order valence-corrected chi connectivity index (χ0v) is 15.2. The molecule has 0 bridgehead atoms. The van der Waals surface area contributed by atoms with Crippen molar-refractivity contribution < 1.29 is 14.3 Å². The molecule has 2 aliphatic rings. The van der Waals surface area contributed by atoms with Crippen molar-refractivity contribution in [1.82, 2.24) is 9.88 Å². The van der Waals surface area contributed by atoms with Gasteiger partial charge in [0.05, 0.1) is 11.1 Å². The van der Waals surface area contributed by atoms with Crippen molar-refractivity contribution >= 4 is 17.6 Å². The fourth-order valence-corrected chi connectivity index (χ4v) is 4.15. The van der Waals surface area contributed by atoms with Gasteiger partial charge >= 0.3 is 0 Å². The van der Waals surface area contributed by atoms with E-state index in [0.29, 0.717) is 12.1 Å². The van der Waals surface area contributed by atoms with Crippen LogP contribution in [0.3, 0.4) is 0 Å². The van der Waals surface area contributed by atoms with Crippen LogP contribution in [-0.4, -0.2) is 54.5 Å². The number of aromatic nitrogens is 1. The number of benzene rings is 1. The van der Waals surface area contributed by atoms with E-state index in [0.717, 1.165) is 24.3 Å². The van der Waals surface area contributed by atoms with E-state index in [1.807, 2.05) is 30.1 Å². The maximum atomic E-state index is 12.4. The van der Waals surface area contributed by atoms with Crippen LogP contribution in [-0.2, 0) is 15.1 Å². The van der Waals surface area contributed by atoms with E-state index in [-0.39, 0.29) is 18.6 Å². The Bertz CT molecular complexity index is 855. The molecule has 0 radical (unpaired) electrons. The molecule has 1 aromatic heterocycles. The van der Waals surface area contributed by atoms with Crippen LogP contribution in [0.4, 0.5) is 5.82 Å². The molecule has 7 heteroatoms. The van der Waals surface area contributed by atoms with Crippen LogP contribution in [0, 0.1) is 0 Å². The SMILES string of the molecule is CN1C(=O)CO[C@@H]2CN(c3ccc(C(N)=O)cn3)CC[C@]21c1ccccc1. The van der Waals surface area contributed by atoms with E-state index in [4.69, 9.17) is 10.5 Å². The van der Waals surface area contributed by atoms with Gasteiger partial charge in [0.1, 0.15) is 18.5 Å². The Morgan fingerprint density at radius 3 is 2.70 bits per heavy atom. The molecule has 2 amide bonds. The molecule has 0 spiro atoms. The van der Waals surface area contributed by atoms with E-state index in [9.17, 15) is 9.59 Å². The van der Waals surface area contributed by atoms with Gasteiger partial charge in [0.15, 0.2) is 0 Å². The maximum Gasteiger partial charge on any atom is 0.250 e. The van der Waals surface area contributed by atoms with Crippen molar-refractivity contribution in [3.05, 3.63) is 59.8 Å². The Morgan fingerprint density at radius 1 is 1.26 bits per heavy atom. The number of fused-ring (bicyclic) bond motifs is 1. The molecule has 2 atom stereocenters. The second-order valence-corrected chi connectivity index (χ2v) is 7.01. The lowest BCUT2D eigenvalue weighted by atomic mass is 9.76. The maximum absolute atomic E-state index is 12.4. The van der Waals surface area contributed by atoms with Crippen LogP contribution in [0.1, 0.15) is 22.3 Å². The summed E-state index contributed by atoms with van der Waals surface area (Å²) in [5.41, 5.74) is 6.27. The summed E-state index contributed by atoms with van der Waals surface area (Å²) in [6, 6.07) is 13.5. The minimum Gasteiger partial charge on any atom is -0.366 e. The lowest BCUT2D eigenvalue weighted by molar-refractivity contribution is -0.173. The summed E-state index contributed by atoms with van der Waals surface area (Å²) < 4.78 is 6.00. The average Bonchev–Trinajstić information content (AvgIpc) is 2.71. The van der Waals surface area contributed by atoms with Crippen molar-refractivity contribution in [2.75, 3.05) is 31.6 Å². The van der Waals surface area contributed by atoms with Crippen LogP contribution in [0.25, 0.3) is 0 Å². The van der Waals surface area contributed by atoms with Crippen LogP contribution in [0.5, 0.6) is 0 Å². The van der Waals surface area contributed by atoms with Crippen LogP contribution >= 0.6 is 0 Å². The van der Waals surface area contributed by atoms with Gasteiger partial charge in [-0.3, -0.25) is 9.59 Å². The van der Waals surface area contributed by atoms with Crippen LogP contribution < -0.4 is 10.6 Å². The van der Waals surface area contributed by atoms with E-state index in [1.165, 1.54) is 6.20 Å². The summed E-state index contributed by atoms with van der Waals surface area (Å²) in [6.45, 7) is 1.41. The van der Waals surface area contributed by atoms with Gasteiger partial charge in [-0.05, 0) is 24.1 Å². The predicted molar refractivity (Wildman–Crippen MR) is 100 cm³/mol. The highest BCUT2D eigenvalue weighted by atomic mass is 16.5. The third-order valence-corrected chi connectivity index (χ3v) is 5.69. The number of hydrogen-bond donors (Lipinski definition) is 1. The number of ether oxygens (including phenoxy) is 1. The third-order valence-electron chi connectivity index (χ3n) is 5.69. The first-order chi connectivity index (χ1) is 13.0. The molecular weight excluding hydrogens is 344 g/mol.